The first-order valence-corrected chi connectivity index (χ1v) is 11.3. The Balaban J connectivity index is 1.32. The first kappa shape index (κ1) is 21.2. The Kier molecular flexibility index (Phi) is 6.75. The number of aliphatic imine (C=N–C) groups is 1. The topological polar surface area (TPSA) is 68.8 Å². The van der Waals surface area contributed by atoms with Crippen molar-refractivity contribution < 1.29 is 4.79 Å². The highest BCUT2D eigenvalue weighted by molar-refractivity contribution is 5.82. The van der Waals surface area contributed by atoms with E-state index in [4.69, 9.17) is 0 Å². The van der Waals surface area contributed by atoms with Crippen LogP contribution < -0.4 is 20.9 Å². The maximum Gasteiger partial charge on any atom is 0.239 e. The van der Waals surface area contributed by atoms with E-state index in [2.05, 4.69) is 80.4 Å². The second-order valence-corrected chi connectivity index (χ2v) is 8.57. The molecule has 6 heteroatoms. The molecule has 0 aromatic heterocycles. The smallest absolute Gasteiger partial charge is 0.239 e. The van der Waals surface area contributed by atoms with E-state index in [0.29, 0.717) is 19.6 Å². The van der Waals surface area contributed by atoms with E-state index >= 15 is 0 Å². The van der Waals surface area contributed by atoms with Gasteiger partial charge in [-0.05, 0) is 36.1 Å². The first-order valence-electron chi connectivity index (χ1n) is 11.3. The minimum Gasteiger partial charge on any atom is -0.360 e. The normalized spacial score (nSPS) is 18.5. The molecule has 164 valence electrons. The zero-order valence-corrected chi connectivity index (χ0v) is 18.4. The minimum atomic E-state index is 0.0856. The predicted octanol–water partition coefficient (Wildman–Crippen LogP) is 2.80. The van der Waals surface area contributed by atoms with E-state index in [-0.39, 0.29) is 11.3 Å². The van der Waals surface area contributed by atoms with Crippen molar-refractivity contribution in [3.8, 4) is 0 Å². The van der Waals surface area contributed by atoms with Gasteiger partial charge in [0.1, 0.15) is 0 Å². The van der Waals surface area contributed by atoms with Gasteiger partial charge in [0.25, 0.3) is 0 Å². The van der Waals surface area contributed by atoms with Crippen LogP contribution in [0.4, 0.5) is 5.69 Å². The summed E-state index contributed by atoms with van der Waals surface area (Å²) in [6.45, 7) is 3.58. The Labute approximate surface area is 185 Å². The maximum absolute atomic E-state index is 11.6. The van der Waals surface area contributed by atoms with Gasteiger partial charge in [-0.2, -0.15) is 0 Å². The lowest BCUT2D eigenvalue weighted by atomic mass is 9.79. The summed E-state index contributed by atoms with van der Waals surface area (Å²) in [5.74, 6) is 0.918. The van der Waals surface area contributed by atoms with Gasteiger partial charge in [0.15, 0.2) is 5.96 Å². The molecule has 1 amide bonds. The van der Waals surface area contributed by atoms with Crippen molar-refractivity contribution in [1.82, 2.24) is 16.0 Å². The summed E-state index contributed by atoms with van der Waals surface area (Å²) in [5, 5.41) is 9.89. The number of carbonyl (C=O) groups excluding carboxylic acids is 1. The summed E-state index contributed by atoms with van der Waals surface area (Å²) in [7, 11) is 1.82. The molecule has 0 bridgehead atoms. The summed E-state index contributed by atoms with van der Waals surface area (Å²) < 4.78 is 0. The number of benzene rings is 2. The van der Waals surface area contributed by atoms with E-state index in [1.165, 1.54) is 36.8 Å². The van der Waals surface area contributed by atoms with Crippen LogP contribution >= 0.6 is 0 Å². The molecule has 2 aliphatic rings. The lowest BCUT2D eigenvalue weighted by molar-refractivity contribution is -0.120. The molecule has 2 aromatic carbocycles. The van der Waals surface area contributed by atoms with Gasteiger partial charge >= 0.3 is 0 Å². The number of carbonyl (C=O) groups is 1. The molecule has 1 saturated heterocycles. The van der Waals surface area contributed by atoms with Crippen LogP contribution in [0.2, 0.25) is 0 Å². The number of anilines is 1. The van der Waals surface area contributed by atoms with Crippen LogP contribution in [0.25, 0.3) is 0 Å². The zero-order valence-electron chi connectivity index (χ0n) is 18.4. The average Bonchev–Trinajstić information content (AvgIpc) is 3.30. The summed E-state index contributed by atoms with van der Waals surface area (Å²) in [6, 6.07) is 19.3. The molecule has 0 unspecified atom stereocenters. The van der Waals surface area contributed by atoms with Crippen molar-refractivity contribution in [2.45, 2.75) is 37.6 Å². The molecule has 2 aromatic rings. The fourth-order valence-corrected chi connectivity index (χ4v) is 4.75. The Hall–Kier alpha value is -3.02. The van der Waals surface area contributed by atoms with Crippen LogP contribution in [-0.2, 0) is 16.8 Å². The van der Waals surface area contributed by atoms with Gasteiger partial charge in [0.05, 0.1) is 6.54 Å². The predicted molar refractivity (Wildman–Crippen MR) is 126 cm³/mol. The van der Waals surface area contributed by atoms with Crippen LogP contribution in [0.15, 0.2) is 59.6 Å². The molecule has 6 nitrogen and oxygen atoms in total. The molecule has 0 radical (unpaired) electrons. The third-order valence-corrected chi connectivity index (χ3v) is 6.56. The molecule has 0 spiro atoms. The number of nitrogens with zero attached hydrogens (tertiary/aromatic N) is 2. The van der Waals surface area contributed by atoms with Crippen molar-refractivity contribution >= 4 is 17.6 Å². The Morgan fingerprint density at radius 3 is 2.48 bits per heavy atom. The largest absolute Gasteiger partial charge is 0.360 e. The van der Waals surface area contributed by atoms with E-state index in [9.17, 15) is 4.79 Å². The average molecular weight is 420 g/mol. The summed E-state index contributed by atoms with van der Waals surface area (Å²) in [6.07, 6.45) is 5.01. The molecule has 1 aliphatic heterocycles. The summed E-state index contributed by atoms with van der Waals surface area (Å²) >= 11 is 0. The minimum absolute atomic E-state index is 0.0856. The molecule has 0 atom stereocenters. The number of rotatable bonds is 6. The number of guanidine groups is 1. The molecule has 4 rings (SSSR count). The molecule has 1 heterocycles. The van der Waals surface area contributed by atoms with Crippen molar-refractivity contribution in [3.05, 3.63) is 65.7 Å². The van der Waals surface area contributed by atoms with Crippen LogP contribution in [0.1, 0.15) is 36.8 Å². The Morgan fingerprint density at radius 1 is 1.06 bits per heavy atom. The van der Waals surface area contributed by atoms with E-state index in [1.807, 2.05) is 7.05 Å². The van der Waals surface area contributed by atoms with Gasteiger partial charge in [-0.15, -0.1) is 0 Å². The van der Waals surface area contributed by atoms with Crippen molar-refractivity contribution in [2.24, 2.45) is 4.99 Å². The van der Waals surface area contributed by atoms with Gasteiger partial charge in [0.2, 0.25) is 5.91 Å². The van der Waals surface area contributed by atoms with E-state index in [0.717, 1.165) is 24.7 Å². The number of hydrogen-bond acceptors (Lipinski definition) is 3. The number of amides is 1. The Morgan fingerprint density at radius 2 is 1.81 bits per heavy atom. The lowest BCUT2D eigenvalue weighted by Gasteiger charge is -2.31. The standard InChI is InChI=1S/C25H33N5O/c1-26-24(29-19-25(13-5-6-14-25)21-7-3-2-4-8-21)28-17-20-9-11-22(12-10-20)30-16-15-27-23(31)18-30/h2-4,7-12H,5-6,13-19H2,1H3,(H,27,31)(H2,26,28,29). The fraction of sp³-hybridized carbons (Fsp3) is 0.440. The van der Waals surface area contributed by atoms with Crippen molar-refractivity contribution in [2.75, 3.05) is 38.1 Å². The number of hydrogen-bond donors (Lipinski definition) is 3. The maximum atomic E-state index is 11.6. The first-order chi connectivity index (χ1) is 15.2. The van der Waals surface area contributed by atoms with Gasteiger partial charge in [-0.1, -0.05) is 55.3 Å². The fourth-order valence-electron chi connectivity index (χ4n) is 4.75. The summed E-state index contributed by atoms with van der Waals surface area (Å²) in [5.41, 5.74) is 3.90. The van der Waals surface area contributed by atoms with E-state index < -0.39 is 0 Å². The van der Waals surface area contributed by atoms with Gasteiger partial charge < -0.3 is 20.9 Å². The van der Waals surface area contributed by atoms with E-state index in [1.54, 1.807) is 0 Å². The van der Waals surface area contributed by atoms with Crippen molar-refractivity contribution in [1.29, 1.82) is 0 Å². The highest BCUT2D eigenvalue weighted by Gasteiger charge is 2.35. The second-order valence-electron chi connectivity index (χ2n) is 8.57. The SMILES string of the molecule is CN=C(NCc1ccc(N2CCNC(=O)C2)cc1)NCC1(c2ccccc2)CCCC1. The molecule has 1 aliphatic carbocycles. The number of piperazine rings is 1. The molecular weight excluding hydrogens is 386 g/mol. The third kappa shape index (κ3) is 5.19. The lowest BCUT2D eigenvalue weighted by Crippen LogP contribution is -2.47. The molecule has 3 N–H and O–H groups in total. The molecular formula is C25H33N5O. The van der Waals surface area contributed by atoms with Crippen LogP contribution in [0.5, 0.6) is 0 Å². The monoisotopic (exact) mass is 419 g/mol. The quantitative estimate of drug-likeness (QED) is 0.498. The van der Waals surface area contributed by atoms with Crippen molar-refractivity contribution in [3.63, 3.8) is 0 Å². The number of nitrogens with one attached hydrogen (secondary N) is 3. The molecule has 2 fully saturated rings. The van der Waals surface area contributed by atoms with Crippen LogP contribution in [0, 0.1) is 0 Å². The molecule has 1 saturated carbocycles. The highest BCUT2D eigenvalue weighted by atomic mass is 16.2. The van der Waals surface area contributed by atoms with Gasteiger partial charge in [-0.25, -0.2) is 0 Å². The van der Waals surface area contributed by atoms with Crippen LogP contribution in [-0.4, -0.2) is 45.1 Å². The highest BCUT2D eigenvalue weighted by Crippen LogP contribution is 2.40. The van der Waals surface area contributed by atoms with Crippen LogP contribution in [0.3, 0.4) is 0 Å². The Bertz CT molecular complexity index is 888. The van der Waals surface area contributed by atoms with Gasteiger partial charge in [0, 0.05) is 44.3 Å². The third-order valence-electron chi connectivity index (χ3n) is 6.56. The zero-order chi connectivity index (χ0) is 21.5. The van der Waals surface area contributed by atoms with Gasteiger partial charge in [-0.3, -0.25) is 9.79 Å². The second kappa shape index (κ2) is 9.86. The summed E-state index contributed by atoms with van der Waals surface area (Å²) in [4.78, 5) is 18.2. The molecule has 31 heavy (non-hydrogen) atoms.